The number of esters is 1. The molecule has 0 unspecified atom stereocenters. The number of benzene rings is 2. The van der Waals surface area contributed by atoms with E-state index < -0.39 is 52.5 Å². The average molecular weight is 390 g/mol. The summed E-state index contributed by atoms with van der Waals surface area (Å²) in [5.41, 5.74) is -1.31. The van der Waals surface area contributed by atoms with Crippen molar-refractivity contribution < 1.29 is 44.2 Å². The molecule has 0 saturated heterocycles. The molecule has 3 aromatic rings. The summed E-state index contributed by atoms with van der Waals surface area (Å²) < 4.78 is 15.0. The van der Waals surface area contributed by atoms with Crippen molar-refractivity contribution in [2.75, 3.05) is 13.7 Å². The minimum absolute atomic E-state index is 0.0217. The van der Waals surface area contributed by atoms with Gasteiger partial charge in [-0.25, -0.2) is 4.79 Å². The van der Waals surface area contributed by atoms with Crippen LogP contribution in [-0.4, -0.2) is 45.2 Å². The van der Waals surface area contributed by atoms with Gasteiger partial charge >= 0.3 is 5.97 Å². The molecule has 0 aliphatic rings. The zero-order valence-corrected chi connectivity index (χ0v) is 14.3. The highest BCUT2D eigenvalue weighted by Crippen LogP contribution is 2.42. The van der Waals surface area contributed by atoms with Gasteiger partial charge in [0.2, 0.25) is 11.2 Å². The van der Waals surface area contributed by atoms with E-state index in [9.17, 15) is 35.1 Å². The van der Waals surface area contributed by atoms with Crippen LogP contribution in [0.15, 0.2) is 33.5 Å². The van der Waals surface area contributed by atoms with Gasteiger partial charge in [-0.05, 0) is 12.1 Å². The summed E-state index contributed by atoms with van der Waals surface area (Å²) in [6, 6.07) is 4.16. The molecule has 28 heavy (non-hydrogen) atoms. The number of carbonyl (C=O) groups is 1. The summed E-state index contributed by atoms with van der Waals surface area (Å²) in [4.78, 5) is 23.6. The van der Waals surface area contributed by atoms with Gasteiger partial charge in [0.15, 0.2) is 29.6 Å². The molecule has 10 heteroatoms. The number of hydrogen-bond donors (Lipinski definition) is 5. The van der Waals surface area contributed by atoms with Crippen LogP contribution in [0.1, 0.15) is 0 Å². The van der Waals surface area contributed by atoms with Crippen LogP contribution >= 0.6 is 0 Å². The molecule has 0 spiro atoms. The van der Waals surface area contributed by atoms with Crippen molar-refractivity contribution >= 4 is 16.9 Å². The summed E-state index contributed by atoms with van der Waals surface area (Å²) in [7, 11) is 1.17. The van der Waals surface area contributed by atoms with E-state index in [0.717, 1.165) is 18.2 Å². The molecule has 0 radical (unpaired) electrons. The van der Waals surface area contributed by atoms with Crippen molar-refractivity contribution in [1.82, 2.24) is 0 Å². The van der Waals surface area contributed by atoms with Crippen LogP contribution in [0.3, 0.4) is 0 Å². The summed E-state index contributed by atoms with van der Waals surface area (Å²) in [6.45, 7) is -0.462. The van der Waals surface area contributed by atoms with Gasteiger partial charge in [-0.15, -0.1) is 0 Å². The maximum absolute atomic E-state index is 12.4. The fraction of sp³-hybridized carbons (Fsp3) is 0.111. The minimum Gasteiger partial charge on any atom is -0.507 e. The Kier molecular flexibility index (Phi) is 4.62. The maximum Gasteiger partial charge on any atom is 0.343 e. The second-order valence-corrected chi connectivity index (χ2v) is 5.65. The Labute approximate surface area is 156 Å². The average Bonchev–Trinajstić information content (AvgIpc) is 2.66. The van der Waals surface area contributed by atoms with Crippen molar-refractivity contribution in [3.63, 3.8) is 0 Å². The molecule has 0 amide bonds. The number of carbonyl (C=O) groups excluding carboxylic acids is 1. The van der Waals surface area contributed by atoms with E-state index in [-0.39, 0.29) is 22.3 Å². The topological polar surface area (TPSA) is 167 Å². The lowest BCUT2D eigenvalue weighted by Gasteiger charge is -2.11. The zero-order valence-electron chi connectivity index (χ0n) is 14.3. The van der Waals surface area contributed by atoms with Gasteiger partial charge in [0.1, 0.15) is 22.5 Å². The standard InChI is InChI=1S/C18H14O10/c1-26-13(22)6-27-8-4-9(19)14-12(5-8)28-18(17(25)16(14)24)7-2-10(20)15(23)11(21)3-7/h2-5,19-21,23,25H,6H2,1H3. The molecule has 0 aliphatic heterocycles. The summed E-state index contributed by atoms with van der Waals surface area (Å²) >= 11 is 0. The molecule has 3 rings (SSSR count). The predicted octanol–water partition coefficient (Wildman–Crippen LogP) is 1.54. The van der Waals surface area contributed by atoms with Crippen molar-refractivity contribution in [3.05, 3.63) is 34.5 Å². The van der Waals surface area contributed by atoms with Gasteiger partial charge in [-0.2, -0.15) is 0 Å². The Morgan fingerprint density at radius 1 is 0.964 bits per heavy atom. The second kappa shape index (κ2) is 6.91. The Balaban J connectivity index is 2.19. The van der Waals surface area contributed by atoms with Crippen LogP contribution in [-0.2, 0) is 9.53 Å². The Morgan fingerprint density at radius 3 is 2.21 bits per heavy atom. The molecule has 0 saturated carbocycles. The normalized spacial score (nSPS) is 10.8. The fourth-order valence-corrected chi connectivity index (χ4v) is 2.48. The van der Waals surface area contributed by atoms with Crippen LogP contribution in [0.5, 0.6) is 34.5 Å². The van der Waals surface area contributed by atoms with E-state index in [0.29, 0.717) is 0 Å². The van der Waals surface area contributed by atoms with Gasteiger partial charge in [0, 0.05) is 17.7 Å². The number of methoxy groups -OCH3 is 1. The van der Waals surface area contributed by atoms with E-state index in [1.807, 2.05) is 0 Å². The van der Waals surface area contributed by atoms with Gasteiger partial charge < -0.3 is 39.4 Å². The molecular formula is C18H14O10. The SMILES string of the molecule is COC(=O)COc1cc(O)c2c(=O)c(O)c(-c3cc(O)c(O)c(O)c3)oc2c1. The number of fused-ring (bicyclic) bond motifs is 1. The quantitative estimate of drug-likeness (QED) is 0.325. The Bertz CT molecular complexity index is 1120. The van der Waals surface area contributed by atoms with Crippen molar-refractivity contribution in [2.24, 2.45) is 0 Å². The van der Waals surface area contributed by atoms with Gasteiger partial charge in [-0.1, -0.05) is 0 Å². The first-order valence-corrected chi connectivity index (χ1v) is 7.70. The molecule has 0 fully saturated rings. The van der Waals surface area contributed by atoms with Crippen molar-refractivity contribution in [2.45, 2.75) is 0 Å². The van der Waals surface area contributed by atoms with Crippen LogP contribution in [0.4, 0.5) is 0 Å². The molecule has 5 N–H and O–H groups in total. The van der Waals surface area contributed by atoms with E-state index in [4.69, 9.17) is 9.15 Å². The molecule has 2 aromatic carbocycles. The van der Waals surface area contributed by atoms with E-state index in [1.165, 1.54) is 13.2 Å². The first-order valence-electron chi connectivity index (χ1n) is 7.70. The third kappa shape index (κ3) is 3.18. The summed E-state index contributed by atoms with van der Waals surface area (Å²) in [5, 5.41) is 48.6. The van der Waals surface area contributed by atoms with E-state index in [1.54, 1.807) is 0 Å². The highest BCUT2D eigenvalue weighted by Gasteiger charge is 2.21. The number of phenols is 4. The largest absolute Gasteiger partial charge is 0.507 e. The van der Waals surface area contributed by atoms with Crippen LogP contribution in [0.25, 0.3) is 22.3 Å². The third-order valence-corrected chi connectivity index (χ3v) is 3.84. The highest BCUT2D eigenvalue weighted by atomic mass is 16.6. The monoisotopic (exact) mass is 390 g/mol. The number of phenolic OH excluding ortho intramolecular Hbond substituents is 4. The lowest BCUT2D eigenvalue weighted by atomic mass is 10.1. The van der Waals surface area contributed by atoms with Crippen LogP contribution in [0.2, 0.25) is 0 Å². The van der Waals surface area contributed by atoms with E-state index >= 15 is 0 Å². The van der Waals surface area contributed by atoms with Crippen LogP contribution in [0, 0.1) is 0 Å². The predicted molar refractivity (Wildman–Crippen MR) is 93.8 cm³/mol. The lowest BCUT2D eigenvalue weighted by molar-refractivity contribution is -0.142. The second-order valence-electron chi connectivity index (χ2n) is 5.65. The van der Waals surface area contributed by atoms with E-state index in [2.05, 4.69) is 4.74 Å². The lowest BCUT2D eigenvalue weighted by Crippen LogP contribution is -2.12. The van der Waals surface area contributed by atoms with Gasteiger partial charge in [0.25, 0.3) is 0 Å². The number of hydrogen-bond acceptors (Lipinski definition) is 10. The molecule has 1 aromatic heterocycles. The maximum atomic E-state index is 12.4. The highest BCUT2D eigenvalue weighted by molar-refractivity contribution is 5.88. The fourth-order valence-electron chi connectivity index (χ4n) is 2.48. The van der Waals surface area contributed by atoms with Crippen molar-refractivity contribution in [3.8, 4) is 45.8 Å². The summed E-state index contributed by atoms with van der Waals surface area (Å²) in [5.74, 6) is -4.81. The Hall–Kier alpha value is -4.08. The van der Waals surface area contributed by atoms with Crippen LogP contribution < -0.4 is 10.2 Å². The molecule has 0 atom stereocenters. The molecular weight excluding hydrogens is 376 g/mol. The van der Waals surface area contributed by atoms with Crippen molar-refractivity contribution in [1.29, 1.82) is 0 Å². The first-order chi connectivity index (χ1) is 13.2. The zero-order chi connectivity index (χ0) is 20.6. The van der Waals surface area contributed by atoms with Gasteiger partial charge in [0.05, 0.1) is 7.11 Å². The molecule has 10 nitrogen and oxygen atoms in total. The van der Waals surface area contributed by atoms with Gasteiger partial charge in [-0.3, -0.25) is 4.79 Å². The summed E-state index contributed by atoms with van der Waals surface area (Å²) in [6.07, 6.45) is 0. The molecule has 0 aliphatic carbocycles. The molecule has 0 bridgehead atoms. The molecule has 1 heterocycles. The Morgan fingerprint density at radius 2 is 1.61 bits per heavy atom. The minimum atomic E-state index is -0.986. The smallest absolute Gasteiger partial charge is 0.343 e. The third-order valence-electron chi connectivity index (χ3n) is 3.84. The number of ether oxygens (including phenoxy) is 2. The first kappa shape index (κ1) is 18.7. The number of aromatic hydroxyl groups is 5. The number of rotatable bonds is 4. The molecule has 146 valence electrons.